The Morgan fingerprint density at radius 2 is 1.96 bits per heavy atom. The highest BCUT2D eigenvalue weighted by molar-refractivity contribution is 5.86. The van der Waals surface area contributed by atoms with Gasteiger partial charge in [0.05, 0.1) is 12.7 Å². The zero-order chi connectivity index (χ0) is 19.0. The number of benzene rings is 1. The summed E-state index contributed by atoms with van der Waals surface area (Å²) in [6, 6.07) is 9.44. The lowest BCUT2D eigenvalue weighted by atomic mass is 10.0. The van der Waals surface area contributed by atoms with E-state index in [0.717, 1.165) is 17.5 Å². The van der Waals surface area contributed by atoms with Crippen LogP contribution in [-0.2, 0) is 11.3 Å². The Kier molecular flexibility index (Phi) is 4.70. The van der Waals surface area contributed by atoms with Gasteiger partial charge in [-0.05, 0) is 43.2 Å². The van der Waals surface area contributed by atoms with Crippen molar-refractivity contribution < 1.29 is 19.4 Å². The Labute approximate surface area is 157 Å². The van der Waals surface area contributed by atoms with Gasteiger partial charge in [-0.15, -0.1) is 0 Å². The van der Waals surface area contributed by atoms with Crippen molar-refractivity contribution >= 4 is 12.0 Å². The Balaban J connectivity index is 1.30. The van der Waals surface area contributed by atoms with Crippen LogP contribution in [-0.4, -0.2) is 51.0 Å². The molecule has 7 heteroatoms. The van der Waals surface area contributed by atoms with Gasteiger partial charge in [0.1, 0.15) is 0 Å². The standard InChI is InChI=1S/C20H23N3O4/c1-13-3-2-4-14(7-13)12-27-17-8-15-10-22(11-16(15)9-17)20(26)23-6-5-18(21-23)19(24)25/h2-7,15-17H,8-12H2,1H3,(H,24,25)/t15-,16+,17?. The van der Waals surface area contributed by atoms with E-state index in [1.54, 1.807) is 4.90 Å². The van der Waals surface area contributed by atoms with Crippen molar-refractivity contribution in [1.29, 1.82) is 0 Å². The van der Waals surface area contributed by atoms with Crippen molar-refractivity contribution in [1.82, 2.24) is 14.7 Å². The summed E-state index contributed by atoms with van der Waals surface area (Å²) < 4.78 is 7.23. The van der Waals surface area contributed by atoms with Crippen LogP contribution in [0.25, 0.3) is 0 Å². The molecule has 2 fully saturated rings. The highest BCUT2D eigenvalue weighted by Gasteiger charge is 2.43. The average molecular weight is 369 g/mol. The maximum Gasteiger partial charge on any atom is 0.356 e. The molecule has 2 heterocycles. The maximum absolute atomic E-state index is 12.5. The third-order valence-electron chi connectivity index (χ3n) is 5.55. The van der Waals surface area contributed by atoms with Crippen molar-refractivity contribution in [2.75, 3.05) is 13.1 Å². The van der Waals surface area contributed by atoms with Crippen LogP contribution < -0.4 is 0 Å². The van der Waals surface area contributed by atoms with Crippen molar-refractivity contribution in [2.24, 2.45) is 11.8 Å². The predicted molar refractivity (Wildman–Crippen MR) is 97.5 cm³/mol. The summed E-state index contributed by atoms with van der Waals surface area (Å²) in [4.78, 5) is 25.2. The van der Waals surface area contributed by atoms with E-state index in [-0.39, 0.29) is 17.8 Å². The van der Waals surface area contributed by atoms with Crippen molar-refractivity contribution in [2.45, 2.75) is 32.5 Å². The van der Waals surface area contributed by atoms with Crippen LogP contribution in [0.3, 0.4) is 0 Å². The molecule has 2 aromatic rings. The fourth-order valence-corrected chi connectivity index (χ4v) is 4.24. The van der Waals surface area contributed by atoms with Crippen LogP contribution in [0.5, 0.6) is 0 Å². The summed E-state index contributed by atoms with van der Waals surface area (Å²) in [5.74, 6) is -0.259. The summed E-state index contributed by atoms with van der Waals surface area (Å²) in [5.41, 5.74) is 2.31. The quantitative estimate of drug-likeness (QED) is 0.896. The Bertz CT molecular complexity index is 848. The summed E-state index contributed by atoms with van der Waals surface area (Å²) in [5, 5.41) is 12.8. The van der Waals surface area contributed by atoms with Gasteiger partial charge in [0, 0.05) is 19.3 Å². The monoisotopic (exact) mass is 369 g/mol. The molecule has 1 saturated carbocycles. The van der Waals surface area contributed by atoms with Gasteiger partial charge in [-0.3, -0.25) is 0 Å². The first-order chi connectivity index (χ1) is 13.0. The summed E-state index contributed by atoms with van der Waals surface area (Å²) in [7, 11) is 0. The zero-order valence-corrected chi connectivity index (χ0v) is 15.2. The SMILES string of the molecule is Cc1cccc(COC2C[C@@H]3CN(C(=O)n4ccc(C(=O)O)n4)C[C@@H]3C2)c1. The number of carboxylic acid groups (broad SMARTS) is 1. The molecule has 7 nitrogen and oxygen atoms in total. The highest BCUT2D eigenvalue weighted by Crippen LogP contribution is 2.39. The smallest absolute Gasteiger partial charge is 0.356 e. The van der Waals surface area contributed by atoms with Crippen molar-refractivity contribution in [3.05, 3.63) is 53.3 Å². The van der Waals surface area contributed by atoms with E-state index in [0.29, 0.717) is 31.5 Å². The predicted octanol–water partition coefficient (Wildman–Crippen LogP) is 2.79. The summed E-state index contributed by atoms with van der Waals surface area (Å²) >= 11 is 0. The number of likely N-dealkylation sites (tertiary alicyclic amines) is 1. The maximum atomic E-state index is 12.5. The number of hydrogen-bond acceptors (Lipinski definition) is 4. The van der Waals surface area contributed by atoms with Gasteiger partial charge in [0.15, 0.2) is 5.69 Å². The zero-order valence-electron chi connectivity index (χ0n) is 15.2. The molecule has 1 aromatic heterocycles. The molecule has 1 aromatic carbocycles. The minimum Gasteiger partial charge on any atom is -0.476 e. The van der Waals surface area contributed by atoms with Gasteiger partial charge in [-0.2, -0.15) is 9.78 Å². The fourth-order valence-electron chi connectivity index (χ4n) is 4.24. The van der Waals surface area contributed by atoms with Crippen molar-refractivity contribution in [3.8, 4) is 0 Å². The molecular weight excluding hydrogens is 346 g/mol. The van der Waals surface area contributed by atoms with Gasteiger partial charge in [0.25, 0.3) is 0 Å². The Morgan fingerprint density at radius 1 is 1.22 bits per heavy atom. The molecule has 0 radical (unpaired) electrons. The number of aromatic carboxylic acids is 1. The number of fused-ring (bicyclic) bond motifs is 1. The molecule has 1 aliphatic carbocycles. The van der Waals surface area contributed by atoms with E-state index >= 15 is 0 Å². The summed E-state index contributed by atoms with van der Waals surface area (Å²) in [6.45, 7) is 4.06. The number of carboxylic acids is 1. The summed E-state index contributed by atoms with van der Waals surface area (Å²) in [6.07, 6.45) is 3.56. The molecular formula is C20H23N3O4. The largest absolute Gasteiger partial charge is 0.476 e. The minimum atomic E-state index is -1.13. The normalized spacial score (nSPS) is 24.2. The molecule has 2 aliphatic rings. The fraction of sp³-hybridized carbons (Fsp3) is 0.450. The third kappa shape index (κ3) is 3.73. The van der Waals surface area contributed by atoms with Gasteiger partial charge < -0.3 is 14.7 Å². The molecule has 1 aliphatic heterocycles. The van der Waals surface area contributed by atoms with Crippen LogP contribution in [0.1, 0.15) is 34.5 Å². The van der Waals surface area contributed by atoms with Crippen LogP contribution in [0.4, 0.5) is 4.79 Å². The number of carbonyl (C=O) groups excluding carboxylic acids is 1. The number of aryl methyl sites for hydroxylation is 1. The minimum absolute atomic E-state index is 0.118. The number of hydrogen-bond donors (Lipinski definition) is 1. The highest BCUT2D eigenvalue weighted by atomic mass is 16.5. The number of rotatable bonds is 4. The molecule has 27 heavy (non-hydrogen) atoms. The Morgan fingerprint density at radius 3 is 2.59 bits per heavy atom. The average Bonchev–Trinajstić information content (AvgIpc) is 3.34. The molecule has 142 valence electrons. The molecule has 0 spiro atoms. The van der Waals surface area contributed by atoms with Crippen LogP contribution in [0, 0.1) is 18.8 Å². The first-order valence-corrected chi connectivity index (χ1v) is 9.25. The lowest BCUT2D eigenvalue weighted by Crippen LogP contribution is -2.34. The van der Waals surface area contributed by atoms with E-state index in [9.17, 15) is 9.59 Å². The lowest BCUT2D eigenvalue weighted by molar-refractivity contribution is 0.0383. The van der Waals surface area contributed by atoms with Crippen LogP contribution >= 0.6 is 0 Å². The third-order valence-corrected chi connectivity index (χ3v) is 5.55. The van der Waals surface area contributed by atoms with E-state index in [1.165, 1.54) is 23.4 Å². The molecule has 1 amide bonds. The number of aromatic nitrogens is 2. The first-order valence-electron chi connectivity index (χ1n) is 9.25. The van der Waals surface area contributed by atoms with Crippen LogP contribution in [0.15, 0.2) is 36.5 Å². The second-order valence-electron chi connectivity index (χ2n) is 7.55. The number of amides is 1. The van der Waals surface area contributed by atoms with E-state index in [4.69, 9.17) is 9.84 Å². The second-order valence-corrected chi connectivity index (χ2v) is 7.55. The lowest BCUT2D eigenvalue weighted by Gasteiger charge is -2.19. The molecule has 1 unspecified atom stereocenters. The van der Waals surface area contributed by atoms with E-state index < -0.39 is 5.97 Å². The van der Waals surface area contributed by atoms with E-state index in [1.807, 2.05) is 6.07 Å². The first kappa shape index (κ1) is 17.7. The van der Waals surface area contributed by atoms with E-state index in [2.05, 4.69) is 30.2 Å². The van der Waals surface area contributed by atoms with Crippen molar-refractivity contribution in [3.63, 3.8) is 0 Å². The molecule has 0 bridgehead atoms. The van der Waals surface area contributed by atoms with Gasteiger partial charge in [-0.1, -0.05) is 29.8 Å². The second kappa shape index (κ2) is 7.15. The number of ether oxygens (including phenoxy) is 1. The molecule has 4 rings (SSSR count). The Hall–Kier alpha value is -2.67. The molecule has 1 N–H and O–H groups in total. The molecule has 1 saturated heterocycles. The number of carbonyl (C=O) groups is 2. The van der Waals surface area contributed by atoms with Gasteiger partial charge in [-0.25, -0.2) is 9.59 Å². The van der Waals surface area contributed by atoms with Gasteiger partial charge in [0.2, 0.25) is 0 Å². The van der Waals surface area contributed by atoms with Crippen LogP contribution in [0.2, 0.25) is 0 Å². The van der Waals surface area contributed by atoms with Gasteiger partial charge >= 0.3 is 12.0 Å². The topological polar surface area (TPSA) is 84.7 Å². The number of nitrogens with zero attached hydrogens (tertiary/aromatic N) is 3. The molecule has 3 atom stereocenters.